The van der Waals surface area contributed by atoms with Crippen LogP contribution in [0.5, 0.6) is 11.5 Å². The summed E-state index contributed by atoms with van der Waals surface area (Å²) in [5.74, 6) is 0.0262. The van der Waals surface area contributed by atoms with Gasteiger partial charge in [-0.1, -0.05) is 48.0 Å². The van der Waals surface area contributed by atoms with Gasteiger partial charge in [-0.15, -0.1) is 0 Å². The molecule has 1 aromatic heterocycles. The van der Waals surface area contributed by atoms with Gasteiger partial charge < -0.3 is 4.74 Å². The number of hydroxylamine groups is 1. The van der Waals surface area contributed by atoms with Crippen molar-refractivity contribution in [1.29, 1.82) is 0 Å². The SMILES string of the molecule is Cc1ccc(Oc2ccc(S(=O)(=O)N3CCc4[nH]n(Cc5ccccc5)c(=O)c4C3C(=O)NO)cc2)cc1. The lowest BCUT2D eigenvalue weighted by atomic mass is 10.0. The predicted octanol–water partition coefficient (Wildman–Crippen LogP) is 3.12. The first kappa shape index (κ1) is 25.5. The molecular formula is C27H26N4O6S. The summed E-state index contributed by atoms with van der Waals surface area (Å²) in [5.41, 5.74) is 3.38. The van der Waals surface area contributed by atoms with Gasteiger partial charge >= 0.3 is 0 Å². The first-order valence-corrected chi connectivity index (χ1v) is 13.4. The Hall–Kier alpha value is -4.19. The fourth-order valence-electron chi connectivity index (χ4n) is 4.53. The number of aromatic amines is 1. The number of hydrogen-bond acceptors (Lipinski definition) is 6. The fraction of sp³-hybridized carbons (Fsp3) is 0.185. The Labute approximate surface area is 219 Å². The first-order valence-electron chi connectivity index (χ1n) is 11.9. The van der Waals surface area contributed by atoms with Crippen LogP contribution < -0.4 is 15.8 Å². The Morgan fingerprint density at radius 1 is 1.03 bits per heavy atom. The maximum absolute atomic E-state index is 13.6. The Morgan fingerprint density at radius 3 is 2.29 bits per heavy atom. The van der Waals surface area contributed by atoms with Gasteiger partial charge in [0.05, 0.1) is 17.0 Å². The van der Waals surface area contributed by atoms with Gasteiger partial charge in [0.15, 0.2) is 0 Å². The molecule has 1 amide bonds. The Balaban J connectivity index is 1.45. The van der Waals surface area contributed by atoms with Crippen LogP contribution in [0.4, 0.5) is 0 Å². The van der Waals surface area contributed by atoms with Crippen molar-refractivity contribution in [2.45, 2.75) is 30.8 Å². The molecule has 0 radical (unpaired) electrons. The number of aryl methyl sites for hydroxylation is 1. The molecule has 0 saturated heterocycles. The molecule has 3 aromatic carbocycles. The van der Waals surface area contributed by atoms with Crippen LogP contribution in [0.3, 0.4) is 0 Å². The van der Waals surface area contributed by atoms with E-state index >= 15 is 0 Å². The third-order valence-electron chi connectivity index (χ3n) is 6.44. The number of H-pyrrole nitrogens is 1. The molecule has 10 nitrogen and oxygen atoms in total. The second-order valence-corrected chi connectivity index (χ2v) is 10.9. The van der Waals surface area contributed by atoms with Gasteiger partial charge in [0.1, 0.15) is 17.5 Å². The molecule has 4 aromatic rings. The van der Waals surface area contributed by atoms with Gasteiger partial charge in [-0.25, -0.2) is 18.6 Å². The van der Waals surface area contributed by atoms with Crippen molar-refractivity contribution in [3.05, 3.63) is 112 Å². The topological polar surface area (TPSA) is 134 Å². The third-order valence-corrected chi connectivity index (χ3v) is 8.32. The number of amides is 1. The van der Waals surface area contributed by atoms with Crippen LogP contribution in [0.1, 0.15) is 28.4 Å². The van der Waals surface area contributed by atoms with Crippen LogP contribution in [0.25, 0.3) is 0 Å². The van der Waals surface area contributed by atoms with Crippen molar-refractivity contribution in [3.63, 3.8) is 0 Å². The van der Waals surface area contributed by atoms with E-state index in [9.17, 15) is 23.2 Å². The number of benzene rings is 3. The first-order chi connectivity index (χ1) is 18.3. The van der Waals surface area contributed by atoms with E-state index in [1.807, 2.05) is 61.5 Å². The quantitative estimate of drug-likeness (QED) is 0.246. The second-order valence-electron chi connectivity index (χ2n) is 9.01. The molecule has 38 heavy (non-hydrogen) atoms. The zero-order chi connectivity index (χ0) is 26.9. The minimum absolute atomic E-state index is 0.0124. The molecule has 1 unspecified atom stereocenters. The minimum atomic E-state index is -4.23. The third kappa shape index (κ3) is 4.86. The van der Waals surface area contributed by atoms with Gasteiger partial charge in [-0.05, 0) is 48.9 Å². The lowest BCUT2D eigenvalue weighted by Gasteiger charge is -2.32. The number of fused-ring (bicyclic) bond motifs is 1. The number of nitrogens with one attached hydrogen (secondary N) is 2. The zero-order valence-electron chi connectivity index (χ0n) is 20.5. The maximum atomic E-state index is 13.6. The normalized spacial score (nSPS) is 15.6. The molecule has 1 aliphatic rings. The Bertz CT molecular complexity index is 1610. The van der Waals surface area contributed by atoms with E-state index in [0.29, 0.717) is 17.2 Å². The Kier molecular flexibility index (Phi) is 6.89. The number of aromatic nitrogens is 2. The molecule has 196 valence electrons. The molecule has 0 saturated carbocycles. The van der Waals surface area contributed by atoms with E-state index in [1.165, 1.54) is 34.4 Å². The van der Waals surface area contributed by atoms with Crippen molar-refractivity contribution in [1.82, 2.24) is 19.6 Å². The van der Waals surface area contributed by atoms with Crippen molar-refractivity contribution < 1.29 is 23.2 Å². The summed E-state index contributed by atoms with van der Waals surface area (Å²) >= 11 is 0. The summed E-state index contributed by atoms with van der Waals surface area (Å²) in [5, 5.41) is 12.4. The van der Waals surface area contributed by atoms with E-state index in [2.05, 4.69) is 5.10 Å². The van der Waals surface area contributed by atoms with Gasteiger partial charge in [0, 0.05) is 18.7 Å². The number of ether oxygens (including phenoxy) is 1. The van der Waals surface area contributed by atoms with Crippen LogP contribution in [-0.2, 0) is 27.8 Å². The summed E-state index contributed by atoms with van der Waals surface area (Å²) in [6, 6.07) is 20.9. The number of carbonyl (C=O) groups excluding carboxylic acids is 1. The van der Waals surface area contributed by atoms with E-state index < -0.39 is 27.5 Å². The standard InChI is InChI=1S/C27H26N4O6S/c1-18-7-9-20(10-8-18)37-21-11-13-22(14-12-21)38(35,36)31-16-15-23-24(25(31)26(32)29-34)27(33)30(28-23)17-19-5-3-2-4-6-19/h2-14,25,28,34H,15-17H2,1H3,(H,29,32). The van der Waals surface area contributed by atoms with Gasteiger partial charge in [-0.3, -0.25) is 19.9 Å². The van der Waals surface area contributed by atoms with E-state index in [-0.39, 0.29) is 30.0 Å². The second kappa shape index (κ2) is 10.3. The zero-order valence-corrected chi connectivity index (χ0v) is 21.3. The molecule has 1 aliphatic heterocycles. The molecule has 11 heteroatoms. The molecule has 0 spiro atoms. The van der Waals surface area contributed by atoms with E-state index in [4.69, 9.17) is 4.74 Å². The van der Waals surface area contributed by atoms with Crippen LogP contribution in [-0.4, -0.2) is 40.2 Å². The highest BCUT2D eigenvalue weighted by Gasteiger charge is 2.43. The summed E-state index contributed by atoms with van der Waals surface area (Å²) in [6.07, 6.45) is 0.190. The highest BCUT2D eigenvalue weighted by molar-refractivity contribution is 7.89. The number of carbonyl (C=O) groups is 1. The summed E-state index contributed by atoms with van der Waals surface area (Å²) in [7, 11) is -4.23. The highest BCUT2D eigenvalue weighted by Crippen LogP contribution is 2.33. The molecule has 0 bridgehead atoms. The maximum Gasteiger partial charge on any atom is 0.272 e. The highest BCUT2D eigenvalue weighted by atomic mass is 32.2. The van der Waals surface area contributed by atoms with Crippen LogP contribution >= 0.6 is 0 Å². The van der Waals surface area contributed by atoms with E-state index in [0.717, 1.165) is 15.4 Å². The average molecular weight is 535 g/mol. The lowest BCUT2D eigenvalue weighted by molar-refractivity contribution is -0.133. The van der Waals surface area contributed by atoms with Crippen molar-refractivity contribution in [2.75, 3.05) is 6.54 Å². The Morgan fingerprint density at radius 2 is 1.66 bits per heavy atom. The van der Waals surface area contributed by atoms with Crippen LogP contribution in [0.15, 0.2) is 88.6 Å². The fourth-order valence-corrected chi connectivity index (χ4v) is 6.09. The summed E-state index contributed by atoms with van der Waals surface area (Å²) < 4.78 is 35.4. The lowest BCUT2D eigenvalue weighted by Crippen LogP contribution is -2.48. The van der Waals surface area contributed by atoms with Gasteiger partial charge in [0.25, 0.3) is 11.5 Å². The smallest absolute Gasteiger partial charge is 0.272 e. The summed E-state index contributed by atoms with van der Waals surface area (Å²) in [4.78, 5) is 26.0. The largest absolute Gasteiger partial charge is 0.457 e. The molecular weight excluding hydrogens is 508 g/mol. The van der Waals surface area contributed by atoms with Gasteiger partial charge in [0.2, 0.25) is 10.0 Å². The molecule has 1 atom stereocenters. The van der Waals surface area contributed by atoms with Crippen LogP contribution in [0, 0.1) is 6.92 Å². The number of sulfonamides is 1. The van der Waals surface area contributed by atoms with Crippen molar-refractivity contribution in [2.24, 2.45) is 0 Å². The molecule has 3 N–H and O–H groups in total. The van der Waals surface area contributed by atoms with Crippen molar-refractivity contribution >= 4 is 15.9 Å². The summed E-state index contributed by atoms with van der Waals surface area (Å²) in [6.45, 7) is 2.11. The van der Waals surface area contributed by atoms with Crippen molar-refractivity contribution in [3.8, 4) is 11.5 Å². The van der Waals surface area contributed by atoms with Crippen LogP contribution in [0.2, 0.25) is 0 Å². The van der Waals surface area contributed by atoms with Gasteiger partial charge in [-0.2, -0.15) is 4.31 Å². The monoisotopic (exact) mass is 534 g/mol. The molecule has 5 rings (SSSR count). The minimum Gasteiger partial charge on any atom is -0.457 e. The number of hydrogen-bond donors (Lipinski definition) is 3. The van der Waals surface area contributed by atoms with E-state index in [1.54, 1.807) is 0 Å². The molecule has 0 fully saturated rings. The number of nitrogens with zero attached hydrogens (tertiary/aromatic N) is 2. The number of rotatable bonds is 7. The average Bonchev–Trinajstić information content (AvgIpc) is 3.24. The molecule has 2 heterocycles. The molecule has 0 aliphatic carbocycles. The predicted molar refractivity (Wildman–Crippen MR) is 139 cm³/mol.